The van der Waals surface area contributed by atoms with Crippen LogP contribution in [0.15, 0.2) is 6.07 Å². The lowest BCUT2D eigenvalue weighted by Crippen LogP contribution is -2.20. The SMILES string of the molecule is COC(C)CNc1cc(C(F)(F)F)nc(N)n1. The van der Waals surface area contributed by atoms with E-state index in [-0.39, 0.29) is 11.9 Å². The van der Waals surface area contributed by atoms with Crippen LogP contribution < -0.4 is 11.1 Å². The monoisotopic (exact) mass is 250 g/mol. The van der Waals surface area contributed by atoms with Gasteiger partial charge in [0.05, 0.1) is 6.10 Å². The van der Waals surface area contributed by atoms with Crippen molar-refractivity contribution >= 4 is 11.8 Å². The van der Waals surface area contributed by atoms with Gasteiger partial charge in [-0.05, 0) is 6.92 Å². The van der Waals surface area contributed by atoms with Gasteiger partial charge in [-0.3, -0.25) is 0 Å². The molecule has 0 radical (unpaired) electrons. The third-order valence-corrected chi connectivity index (χ3v) is 2.01. The van der Waals surface area contributed by atoms with Gasteiger partial charge in [-0.2, -0.15) is 18.2 Å². The summed E-state index contributed by atoms with van der Waals surface area (Å²) in [5.74, 6) is -0.402. The summed E-state index contributed by atoms with van der Waals surface area (Å²) in [6.07, 6.45) is -4.69. The highest BCUT2D eigenvalue weighted by atomic mass is 19.4. The van der Waals surface area contributed by atoms with E-state index in [0.717, 1.165) is 6.07 Å². The molecule has 5 nitrogen and oxygen atoms in total. The van der Waals surface area contributed by atoms with E-state index in [1.54, 1.807) is 6.92 Å². The zero-order valence-electron chi connectivity index (χ0n) is 9.38. The summed E-state index contributed by atoms with van der Waals surface area (Å²) in [4.78, 5) is 6.78. The summed E-state index contributed by atoms with van der Waals surface area (Å²) in [6.45, 7) is 2.09. The van der Waals surface area contributed by atoms with Crippen LogP contribution in [0.1, 0.15) is 12.6 Å². The van der Waals surface area contributed by atoms with Gasteiger partial charge in [0, 0.05) is 19.7 Å². The van der Waals surface area contributed by atoms with Crippen molar-refractivity contribution in [3.05, 3.63) is 11.8 Å². The second kappa shape index (κ2) is 5.17. The number of nitrogen functional groups attached to an aromatic ring is 1. The van der Waals surface area contributed by atoms with Crippen molar-refractivity contribution in [2.75, 3.05) is 24.7 Å². The van der Waals surface area contributed by atoms with Crippen LogP contribution in [0.25, 0.3) is 0 Å². The van der Waals surface area contributed by atoms with Gasteiger partial charge in [-0.15, -0.1) is 0 Å². The van der Waals surface area contributed by atoms with Crippen LogP contribution in [0.3, 0.4) is 0 Å². The lowest BCUT2D eigenvalue weighted by Gasteiger charge is -2.13. The summed E-state index contributed by atoms with van der Waals surface area (Å²) in [5, 5.41) is 2.69. The molecule has 1 atom stereocenters. The van der Waals surface area contributed by atoms with Crippen LogP contribution in [0, 0.1) is 0 Å². The molecule has 0 aliphatic rings. The molecule has 17 heavy (non-hydrogen) atoms. The van der Waals surface area contributed by atoms with Crippen LogP contribution in [-0.4, -0.2) is 29.7 Å². The molecule has 8 heteroatoms. The predicted octanol–water partition coefficient (Wildman–Crippen LogP) is 1.52. The van der Waals surface area contributed by atoms with E-state index >= 15 is 0 Å². The number of halogens is 3. The van der Waals surface area contributed by atoms with Crippen LogP contribution in [-0.2, 0) is 10.9 Å². The summed E-state index contributed by atoms with van der Waals surface area (Å²) < 4.78 is 42.2. The van der Waals surface area contributed by atoms with E-state index in [2.05, 4.69) is 15.3 Å². The van der Waals surface area contributed by atoms with Gasteiger partial charge in [0.1, 0.15) is 5.82 Å². The smallest absolute Gasteiger partial charge is 0.380 e. The molecule has 0 fully saturated rings. The highest BCUT2D eigenvalue weighted by Crippen LogP contribution is 2.29. The number of anilines is 2. The minimum absolute atomic E-state index is 0.0220. The maximum atomic E-state index is 12.4. The van der Waals surface area contributed by atoms with Gasteiger partial charge in [-0.25, -0.2) is 4.98 Å². The first kappa shape index (κ1) is 13.5. The number of nitrogens with zero attached hydrogens (tertiary/aromatic N) is 2. The van der Waals surface area contributed by atoms with Gasteiger partial charge in [0.15, 0.2) is 5.69 Å². The number of nitrogens with one attached hydrogen (secondary N) is 1. The third-order valence-electron chi connectivity index (χ3n) is 2.01. The highest BCUT2D eigenvalue weighted by Gasteiger charge is 2.33. The minimum atomic E-state index is -4.54. The lowest BCUT2D eigenvalue weighted by atomic mass is 10.3. The van der Waals surface area contributed by atoms with Gasteiger partial charge >= 0.3 is 6.18 Å². The molecule has 1 aromatic heterocycles. The molecule has 0 saturated heterocycles. The van der Waals surface area contributed by atoms with E-state index in [4.69, 9.17) is 10.5 Å². The lowest BCUT2D eigenvalue weighted by molar-refractivity contribution is -0.141. The molecule has 96 valence electrons. The number of ether oxygens (including phenoxy) is 1. The van der Waals surface area contributed by atoms with Crippen molar-refractivity contribution in [1.82, 2.24) is 9.97 Å². The van der Waals surface area contributed by atoms with Crippen LogP contribution >= 0.6 is 0 Å². The average Bonchev–Trinajstić information content (AvgIpc) is 2.24. The Morgan fingerprint density at radius 2 is 2.12 bits per heavy atom. The summed E-state index contributed by atoms with van der Waals surface area (Å²) in [6, 6.07) is 0.804. The molecule has 3 N–H and O–H groups in total. The second-order valence-corrected chi connectivity index (χ2v) is 3.42. The largest absolute Gasteiger partial charge is 0.433 e. The fourth-order valence-electron chi connectivity index (χ4n) is 1.03. The molecule has 0 amide bonds. The Morgan fingerprint density at radius 3 is 2.65 bits per heavy atom. The van der Waals surface area contributed by atoms with Crippen molar-refractivity contribution in [2.24, 2.45) is 0 Å². The molecule has 1 rings (SSSR count). The van der Waals surface area contributed by atoms with E-state index in [9.17, 15) is 13.2 Å². The molecule has 1 unspecified atom stereocenters. The number of hydrogen-bond acceptors (Lipinski definition) is 5. The Labute approximate surface area is 96.2 Å². The van der Waals surface area contributed by atoms with E-state index in [0.29, 0.717) is 6.54 Å². The molecule has 0 bridgehead atoms. The standard InChI is InChI=1S/C9H13F3N4O/c1-5(17-2)4-14-7-3-6(9(10,11)12)15-8(13)16-7/h3,5H,4H2,1-2H3,(H3,13,14,15,16). The molecule has 1 heterocycles. The first-order valence-electron chi connectivity index (χ1n) is 4.81. The molecule has 0 aromatic carbocycles. The summed E-state index contributed by atoms with van der Waals surface area (Å²) in [7, 11) is 1.50. The Balaban J connectivity index is 2.83. The van der Waals surface area contributed by atoms with Crippen molar-refractivity contribution in [3.63, 3.8) is 0 Å². The normalized spacial score (nSPS) is 13.5. The van der Waals surface area contributed by atoms with Crippen LogP contribution in [0.2, 0.25) is 0 Å². The fourth-order valence-corrected chi connectivity index (χ4v) is 1.03. The maximum Gasteiger partial charge on any atom is 0.433 e. The van der Waals surface area contributed by atoms with Crippen molar-refractivity contribution in [2.45, 2.75) is 19.2 Å². The summed E-state index contributed by atoms with van der Waals surface area (Å²) in [5.41, 5.74) is 4.13. The topological polar surface area (TPSA) is 73.1 Å². The first-order chi connectivity index (χ1) is 7.82. The van der Waals surface area contributed by atoms with Crippen molar-refractivity contribution < 1.29 is 17.9 Å². The molecule has 0 aliphatic heterocycles. The summed E-state index contributed by atoms with van der Waals surface area (Å²) >= 11 is 0. The predicted molar refractivity (Wildman–Crippen MR) is 56.4 cm³/mol. The Hall–Kier alpha value is -1.57. The number of alkyl halides is 3. The quantitative estimate of drug-likeness (QED) is 0.847. The molecule has 1 aromatic rings. The van der Waals surface area contributed by atoms with Gasteiger partial charge < -0.3 is 15.8 Å². The molecule has 0 saturated carbocycles. The fraction of sp³-hybridized carbons (Fsp3) is 0.556. The number of rotatable bonds is 4. The van der Waals surface area contributed by atoms with Gasteiger partial charge in [-0.1, -0.05) is 0 Å². The number of nitrogens with two attached hydrogens (primary N) is 1. The second-order valence-electron chi connectivity index (χ2n) is 3.42. The Bertz CT molecular complexity index is 383. The van der Waals surface area contributed by atoms with Crippen molar-refractivity contribution in [3.8, 4) is 0 Å². The molecular formula is C9H13F3N4O. The Kier molecular flexibility index (Phi) is 4.11. The average molecular weight is 250 g/mol. The third kappa shape index (κ3) is 4.06. The minimum Gasteiger partial charge on any atom is -0.380 e. The zero-order valence-corrected chi connectivity index (χ0v) is 9.38. The maximum absolute atomic E-state index is 12.4. The molecular weight excluding hydrogens is 237 g/mol. The van der Waals surface area contributed by atoms with E-state index in [1.165, 1.54) is 7.11 Å². The Morgan fingerprint density at radius 1 is 1.47 bits per heavy atom. The van der Waals surface area contributed by atoms with Crippen molar-refractivity contribution in [1.29, 1.82) is 0 Å². The number of hydrogen-bond donors (Lipinski definition) is 2. The number of aromatic nitrogens is 2. The first-order valence-corrected chi connectivity index (χ1v) is 4.81. The van der Waals surface area contributed by atoms with E-state index < -0.39 is 17.8 Å². The van der Waals surface area contributed by atoms with Gasteiger partial charge in [0.25, 0.3) is 0 Å². The van der Waals surface area contributed by atoms with E-state index in [1.807, 2.05) is 0 Å². The molecule has 0 aliphatic carbocycles. The number of methoxy groups -OCH3 is 1. The van der Waals surface area contributed by atoms with Crippen LogP contribution in [0.4, 0.5) is 24.9 Å². The highest BCUT2D eigenvalue weighted by molar-refractivity contribution is 5.41. The van der Waals surface area contributed by atoms with Crippen LogP contribution in [0.5, 0.6) is 0 Å². The van der Waals surface area contributed by atoms with Gasteiger partial charge in [0.2, 0.25) is 5.95 Å². The zero-order chi connectivity index (χ0) is 13.1. The molecule has 0 spiro atoms.